The molecule has 6 nitrogen and oxygen atoms in total. The fraction of sp³-hybridized carbons (Fsp3) is 0.500. The Kier molecular flexibility index (Phi) is 18.6. The van der Waals surface area contributed by atoms with E-state index >= 15 is 0 Å². The van der Waals surface area contributed by atoms with E-state index in [4.69, 9.17) is 28.4 Å². The maximum absolute atomic E-state index is 5.17. The van der Waals surface area contributed by atoms with Gasteiger partial charge in [0, 0.05) is 58.4 Å². The van der Waals surface area contributed by atoms with Crippen LogP contribution in [0.2, 0.25) is 0 Å². The molecule has 0 heterocycles. The predicted molar refractivity (Wildman–Crippen MR) is 97.1 cm³/mol. The number of hydrogen-bond donors (Lipinski definition) is 0. The molecule has 0 fully saturated rings. The molecular weight excluding hydrogens is 506 g/mol. The second-order valence-corrected chi connectivity index (χ2v) is 6.97. The van der Waals surface area contributed by atoms with Gasteiger partial charge < -0.3 is 53.2 Å². The van der Waals surface area contributed by atoms with Crippen LogP contribution in [-0.4, -0.2) is 75.4 Å². The molecule has 2 aliphatic carbocycles. The Morgan fingerprint density at radius 1 is 0.630 bits per heavy atom. The molecule has 2 rings (SSSR count). The zero-order chi connectivity index (χ0) is 18.3. The summed E-state index contributed by atoms with van der Waals surface area (Å²) in [6.07, 6.45) is 5.91. The fourth-order valence-corrected chi connectivity index (χ4v) is 3.93. The summed E-state index contributed by atoms with van der Waals surface area (Å²) in [5.41, 5.74) is 0. The van der Waals surface area contributed by atoms with Gasteiger partial charge in [0.2, 0.25) is 0 Å². The van der Waals surface area contributed by atoms with Crippen molar-refractivity contribution in [1.82, 2.24) is 0 Å². The van der Waals surface area contributed by atoms with Crippen molar-refractivity contribution in [3.63, 3.8) is 0 Å². The minimum Gasteiger partial charge on any atom is -1.00 e. The van der Waals surface area contributed by atoms with Gasteiger partial charge in [-0.1, -0.05) is 0 Å². The Morgan fingerprint density at radius 3 is 1.11 bits per heavy atom. The first kappa shape index (κ1) is 31.7. The summed E-state index contributed by atoms with van der Waals surface area (Å²) in [5, 5.41) is 2.14. The molecule has 11 heteroatoms. The van der Waals surface area contributed by atoms with Gasteiger partial charge in [0.1, 0.15) is 0 Å². The first-order chi connectivity index (χ1) is 11.5. The predicted octanol–water partition coefficient (Wildman–Crippen LogP) is -6.85. The zero-order valence-corrected chi connectivity index (χ0v) is 24.8. The standard InChI is InChI=1S/2C8H13O3Si.2ClH.Zr/c2*1-9-5-4-6(12)8(11-3)7(5)10-2;;;/h2*5H,1-3,12H3;2*1H;/q2*-1;;;+4/p-2. The Balaban J connectivity index is -0.000000384. The third-order valence-corrected chi connectivity index (χ3v) is 5.11. The largest absolute Gasteiger partial charge is 4.00 e. The SMILES string of the molecule is COC1=C(OC)C(OC)[C-]=C1[SiH3].COC1=C(OC)C(OC)[C-]=C1[SiH3].[Cl-].[Cl-].[Zr+4]. The number of halogens is 2. The van der Waals surface area contributed by atoms with Crippen LogP contribution in [0.5, 0.6) is 0 Å². The van der Waals surface area contributed by atoms with E-state index in [0.29, 0.717) is 0 Å². The van der Waals surface area contributed by atoms with Crippen molar-refractivity contribution >= 4 is 20.5 Å². The van der Waals surface area contributed by atoms with Crippen molar-refractivity contribution in [1.29, 1.82) is 0 Å². The molecule has 2 aliphatic rings. The van der Waals surface area contributed by atoms with Gasteiger partial charge in [-0.05, 0) is 0 Å². The van der Waals surface area contributed by atoms with Gasteiger partial charge in [0.15, 0.2) is 0 Å². The molecule has 0 spiro atoms. The van der Waals surface area contributed by atoms with Crippen molar-refractivity contribution in [3.8, 4) is 0 Å². The minimum absolute atomic E-state index is 0. The van der Waals surface area contributed by atoms with E-state index in [9.17, 15) is 0 Å². The molecule has 0 saturated heterocycles. The summed E-state index contributed by atoms with van der Waals surface area (Å²) in [5.74, 6) is 3.03. The summed E-state index contributed by atoms with van der Waals surface area (Å²) in [6.45, 7) is 0. The number of allylic oxidation sites excluding steroid dienone is 2. The molecule has 152 valence electrons. The molecule has 27 heavy (non-hydrogen) atoms. The quantitative estimate of drug-likeness (QED) is 0.251. The molecule has 0 saturated carbocycles. The van der Waals surface area contributed by atoms with Crippen LogP contribution < -0.4 is 24.8 Å². The van der Waals surface area contributed by atoms with E-state index < -0.39 is 0 Å². The fourth-order valence-electron chi connectivity index (χ4n) is 2.50. The molecule has 0 aromatic rings. The third-order valence-electron chi connectivity index (χ3n) is 3.62. The van der Waals surface area contributed by atoms with Crippen LogP contribution in [0.3, 0.4) is 0 Å². The van der Waals surface area contributed by atoms with Gasteiger partial charge in [-0.3, -0.25) is 0 Å². The summed E-state index contributed by atoms with van der Waals surface area (Å²) in [4.78, 5) is 0. The minimum atomic E-state index is -0.183. The first-order valence-corrected chi connectivity index (χ1v) is 9.39. The van der Waals surface area contributed by atoms with Crippen molar-refractivity contribution < 1.29 is 79.4 Å². The maximum Gasteiger partial charge on any atom is 4.00 e. The molecule has 0 aromatic carbocycles. The molecule has 0 bridgehead atoms. The van der Waals surface area contributed by atoms with Crippen LogP contribution in [0.15, 0.2) is 33.4 Å². The average Bonchev–Trinajstić information content (AvgIpc) is 3.09. The maximum atomic E-state index is 5.17. The topological polar surface area (TPSA) is 55.4 Å². The summed E-state index contributed by atoms with van der Waals surface area (Å²) in [7, 11) is 11.5. The Hall–Kier alpha value is -0.0231. The normalized spacial score (nSPS) is 20.4. The number of rotatable bonds is 6. The third kappa shape index (κ3) is 7.72. The van der Waals surface area contributed by atoms with E-state index in [2.05, 4.69) is 12.2 Å². The molecule has 0 N–H and O–H groups in total. The molecule has 0 aliphatic heterocycles. The van der Waals surface area contributed by atoms with Crippen molar-refractivity contribution in [3.05, 3.63) is 45.6 Å². The van der Waals surface area contributed by atoms with Gasteiger partial charge in [0.05, 0.1) is 40.0 Å². The Bertz CT molecular complexity index is 531. The van der Waals surface area contributed by atoms with E-state index in [1.165, 1.54) is 0 Å². The van der Waals surface area contributed by atoms with E-state index in [1.54, 1.807) is 42.7 Å². The Labute approximate surface area is 199 Å². The van der Waals surface area contributed by atoms with Crippen LogP contribution >= 0.6 is 0 Å². The second-order valence-electron chi connectivity index (χ2n) is 4.97. The van der Waals surface area contributed by atoms with E-state index in [0.717, 1.165) is 53.9 Å². The van der Waals surface area contributed by atoms with Gasteiger partial charge in [-0.25, -0.2) is 12.2 Å². The molecule has 0 aromatic heterocycles. The molecule has 0 radical (unpaired) electrons. The smallest absolute Gasteiger partial charge is 1.00 e. The van der Waals surface area contributed by atoms with Crippen molar-refractivity contribution in [2.24, 2.45) is 0 Å². The van der Waals surface area contributed by atoms with Gasteiger partial charge >= 0.3 is 26.2 Å². The van der Waals surface area contributed by atoms with Gasteiger partial charge in [-0.15, -0.1) is 0 Å². The van der Waals surface area contributed by atoms with Crippen molar-refractivity contribution in [2.45, 2.75) is 12.2 Å². The number of methoxy groups -OCH3 is 6. The zero-order valence-electron chi connectivity index (χ0n) is 16.9. The van der Waals surface area contributed by atoms with Gasteiger partial charge in [0.25, 0.3) is 0 Å². The summed E-state index contributed by atoms with van der Waals surface area (Å²) in [6, 6.07) is 0. The molecular formula is C16H26Cl2O6Si2Zr. The van der Waals surface area contributed by atoms with Crippen LogP contribution in [0.25, 0.3) is 0 Å². The summed E-state index contributed by atoms with van der Waals surface area (Å²) >= 11 is 0. The second kappa shape index (κ2) is 15.8. The summed E-state index contributed by atoms with van der Waals surface area (Å²) < 4.78 is 30.9. The van der Waals surface area contributed by atoms with Crippen LogP contribution in [0, 0.1) is 12.2 Å². The van der Waals surface area contributed by atoms with Crippen LogP contribution in [-0.2, 0) is 54.6 Å². The number of ether oxygens (including phenoxy) is 6. The van der Waals surface area contributed by atoms with E-state index in [-0.39, 0.29) is 63.2 Å². The van der Waals surface area contributed by atoms with Crippen LogP contribution in [0.4, 0.5) is 0 Å². The van der Waals surface area contributed by atoms with Crippen molar-refractivity contribution in [2.75, 3.05) is 42.7 Å². The first-order valence-electron chi connectivity index (χ1n) is 7.39. The molecule has 0 amide bonds. The molecule has 2 atom stereocenters. The number of hydrogen-bond acceptors (Lipinski definition) is 6. The Morgan fingerprint density at radius 2 is 0.926 bits per heavy atom. The van der Waals surface area contributed by atoms with Gasteiger partial charge in [-0.2, -0.15) is 10.4 Å². The molecule has 2 unspecified atom stereocenters. The van der Waals surface area contributed by atoms with Crippen LogP contribution in [0.1, 0.15) is 0 Å². The van der Waals surface area contributed by atoms with E-state index in [1.807, 2.05) is 0 Å². The average molecular weight is 533 g/mol. The monoisotopic (exact) mass is 530 g/mol.